The zero-order valence-electron chi connectivity index (χ0n) is 14.0. The molecule has 0 radical (unpaired) electrons. The van der Waals surface area contributed by atoms with Crippen molar-refractivity contribution >= 4 is 29.0 Å². The van der Waals surface area contributed by atoms with E-state index in [0.717, 1.165) is 11.1 Å². The third-order valence-corrected chi connectivity index (χ3v) is 3.91. The summed E-state index contributed by atoms with van der Waals surface area (Å²) in [5.74, 6) is -0.387. The number of carbonyl (C=O) groups excluding carboxylic acids is 1. The van der Waals surface area contributed by atoms with Gasteiger partial charge < -0.3 is 10.6 Å². The molecule has 0 aliphatic rings. The molecule has 0 saturated heterocycles. The Morgan fingerprint density at radius 2 is 1.96 bits per heavy atom. The minimum Gasteiger partial charge on any atom is -0.347 e. The third-order valence-electron chi connectivity index (χ3n) is 3.62. The van der Waals surface area contributed by atoms with Gasteiger partial charge in [-0.05, 0) is 42.8 Å². The molecule has 0 unspecified atom stereocenters. The van der Waals surface area contributed by atoms with Crippen molar-refractivity contribution in [2.45, 2.75) is 13.5 Å². The fraction of sp³-hybridized carbons (Fsp3) is 0.105. The van der Waals surface area contributed by atoms with Crippen molar-refractivity contribution in [2.24, 2.45) is 0 Å². The molecule has 1 amide bonds. The molecule has 0 spiro atoms. The first-order chi connectivity index (χ1) is 12.5. The topological polar surface area (TPSA) is 66.9 Å². The Labute approximate surface area is 155 Å². The van der Waals surface area contributed by atoms with Crippen LogP contribution >= 0.6 is 11.6 Å². The summed E-state index contributed by atoms with van der Waals surface area (Å²) < 4.78 is 13.2. The number of rotatable bonds is 5. The first-order valence-electron chi connectivity index (χ1n) is 7.91. The second-order valence-corrected chi connectivity index (χ2v) is 6.14. The van der Waals surface area contributed by atoms with Gasteiger partial charge in [-0.25, -0.2) is 4.39 Å². The lowest BCUT2D eigenvalue weighted by atomic mass is 10.1. The monoisotopic (exact) mass is 370 g/mol. The van der Waals surface area contributed by atoms with E-state index in [1.165, 1.54) is 18.2 Å². The van der Waals surface area contributed by atoms with Crippen LogP contribution in [0.2, 0.25) is 5.02 Å². The van der Waals surface area contributed by atoms with E-state index in [4.69, 9.17) is 11.6 Å². The maximum Gasteiger partial charge on any atom is 0.272 e. The average molecular weight is 371 g/mol. The molecule has 0 atom stereocenters. The first kappa shape index (κ1) is 17.8. The van der Waals surface area contributed by atoms with Crippen LogP contribution < -0.4 is 10.6 Å². The van der Waals surface area contributed by atoms with Crippen LogP contribution in [0.4, 0.5) is 15.9 Å². The summed E-state index contributed by atoms with van der Waals surface area (Å²) >= 11 is 5.74. The maximum atomic E-state index is 13.2. The molecule has 0 fully saturated rings. The van der Waals surface area contributed by atoms with E-state index in [1.807, 2.05) is 31.2 Å². The maximum absolute atomic E-state index is 13.2. The summed E-state index contributed by atoms with van der Waals surface area (Å²) in [4.78, 5) is 12.2. The molecule has 0 bridgehead atoms. The van der Waals surface area contributed by atoms with Crippen LogP contribution in [0.25, 0.3) is 0 Å². The Bertz CT molecular complexity index is 931. The molecule has 5 nitrogen and oxygen atoms in total. The van der Waals surface area contributed by atoms with Crippen LogP contribution in [0.5, 0.6) is 0 Å². The van der Waals surface area contributed by atoms with Crippen molar-refractivity contribution in [1.82, 2.24) is 15.5 Å². The van der Waals surface area contributed by atoms with Crippen molar-refractivity contribution < 1.29 is 9.18 Å². The number of aromatic nitrogens is 2. The van der Waals surface area contributed by atoms with E-state index in [2.05, 4.69) is 20.8 Å². The average Bonchev–Trinajstić information content (AvgIpc) is 2.63. The number of halogens is 2. The number of hydrogen-bond acceptors (Lipinski definition) is 4. The standard InChI is InChI=1S/C19H16ClFN4O/c1-12-3-2-4-13(9-12)11-22-19(26)17-7-8-18(25-24-17)23-14-5-6-16(21)15(20)10-14/h2-10H,11H2,1H3,(H,22,26)(H,23,25). The minimum atomic E-state index is -0.496. The Balaban J connectivity index is 1.61. The molecule has 7 heteroatoms. The van der Waals surface area contributed by atoms with Gasteiger partial charge in [-0.3, -0.25) is 4.79 Å². The van der Waals surface area contributed by atoms with Gasteiger partial charge in [-0.15, -0.1) is 10.2 Å². The number of anilines is 2. The summed E-state index contributed by atoms with van der Waals surface area (Å²) in [5, 5.41) is 13.6. The molecule has 0 aliphatic carbocycles. The molecule has 3 aromatic rings. The fourth-order valence-corrected chi connectivity index (χ4v) is 2.52. The lowest BCUT2D eigenvalue weighted by molar-refractivity contribution is 0.0945. The fourth-order valence-electron chi connectivity index (χ4n) is 2.34. The van der Waals surface area contributed by atoms with Crippen LogP contribution in [0, 0.1) is 12.7 Å². The predicted octanol–water partition coefficient (Wildman–Crippen LogP) is 4.25. The molecular weight excluding hydrogens is 355 g/mol. The summed E-state index contributed by atoms with van der Waals surface area (Å²) in [6.07, 6.45) is 0. The second kappa shape index (κ2) is 7.93. The number of nitrogens with one attached hydrogen (secondary N) is 2. The molecule has 1 heterocycles. The molecule has 26 heavy (non-hydrogen) atoms. The third kappa shape index (κ3) is 4.55. The van der Waals surface area contributed by atoms with Gasteiger partial charge in [0.25, 0.3) is 5.91 Å². The summed E-state index contributed by atoms with van der Waals surface area (Å²) in [6.45, 7) is 2.41. The second-order valence-electron chi connectivity index (χ2n) is 5.73. The van der Waals surface area contributed by atoms with Crippen LogP contribution in [0.3, 0.4) is 0 Å². The molecule has 1 aromatic heterocycles. The van der Waals surface area contributed by atoms with E-state index in [9.17, 15) is 9.18 Å². The Morgan fingerprint density at radius 1 is 1.12 bits per heavy atom. The molecular formula is C19H16ClFN4O. The van der Waals surface area contributed by atoms with E-state index in [1.54, 1.807) is 12.1 Å². The van der Waals surface area contributed by atoms with E-state index >= 15 is 0 Å². The van der Waals surface area contributed by atoms with Gasteiger partial charge in [0.1, 0.15) is 5.82 Å². The van der Waals surface area contributed by atoms with Gasteiger partial charge >= 0.3 is 0 Å². The van der Waals surface area contributed by atoms with Crippen LogP contribution in [-0.2, 0) is 6.54 Å². The summed E-state index contributed by atoms with van der Waals surface area (Å²) in [7, 11) is 0. The highest BCUT2D eigenvalue weighted by molar-refractivity contribution is 6.31. The van der Waals surface area contributed by atoms with Crippen molar-refractivity contribution in [2.75, 3.05) is 5.32 Å². The van der Waals surface area contributed by atoms with Crippen molar-refractivity contribution in [3.05, 3.63) is 82.3 Å². The zero-order chi connectivity index (χ0) is 18.5. The largest absolute Gasteiger partial charge is 0.347 e. The smallest absolute Gasteiger partial charge is 0.272 e. The SMILES string of the molecule is Cc1cccc(CNC(=O)c2ccc(Nc3ccc(F)c(Cl)c3)nn2)c1. The molecule has 2 N–H and O–H groups in total. The number of carbonyl (C=O) groups is 1. The summed E-state index contributed by atoms with van der Waals surface area (Å²) in [6, 6.07) is 15.3. The van der Waals surface area contributed by atoms with Crippen LogP contribution in [0.15, 0.2) is 54.6 Å². The van der Waals surface area contributed by atoms with Crippen molar-refractivity contribution in [3.63, 3.8) is 0 Å². The highest BCUT2D eigenvalue weighted by atomic mass is 35.5. The lowest BCUT2D eigenvalue weighted by Crippen LogP contribution is -2.24. The Kier molecular flexibility index (Phi) is 5.43. The summed E-state index contributed by atoms with van der Waals surface area (Å²) in [5.41, 5.74) is 2.92. The lowest BCUT2D eigenvalue weighted by Gasteiger charge is -2.07. The number of benzene rings is 2. The number of nitrogens with zero attached hydrogens (tertiary/aromatic N) is 2. The molecule has 0 aliphatic heterocycles. The number of aryl methyl sites for hydroxylation is 1. The minimum absolute atomic E-state index is 0.00936. The van der Waals surface area contributed by atoms with Crippen molar-refractivity contribution in [3.8, 4) is 0 Å². The Hall–Kier alpha value is -2.99. The van der Waals surface area contributed by atoms with Gasteiger partial charge in [0.2, 0.25) is 0 Å². The molecule has 132 valence electrons. The molecule has 3 rings (SSSR count). The molecule has 0 saturated carbocycles. The number of hydrogen-bond donors (Lipinski definition) is 2. The van der Waals surface area contributed by atoms with Gasteiger partial charge in [0, 0.05) is 12.2 Å². The zero-order valence-corrected chi connectivity index (χ0v) is 14.7. The van der Waals surface area contributed by atoms with Crippen LogP contribution in [-0.4, -0.2) is 16.1 Å². The van der Waals surface area contributed by atoms with Crippen LogP contribution in [0.1, 0.15) is 21.6 Å². The normalized spacial score (nSPS) is 10.4. The highest BCUT2D eigenvalue weighted by Gasteiger charge is 2.09. The quantitative estimate of drug-likeness (QED) is 0.704. The van der Waals surface area contributed by atoms with Gasteiger partial charge in [0.05, 0.1) is 5.02 Å². The van der Waals surface area contributed by atoms with E-state index in [0.29, 0.717) is 18.1 Å². The van der Waals surface area contributed by atoms with E-state index < -0.39 is 5.82 Å². The van der Waals surface area contributed by atoms with Gasteiger partial charge in [-0.1, -0.05) is 41.4 Å². The Morgan fingerprint density at radius 3 is 2.65 bits per heavy atom. The van der Waals surface area contributed by atoms with E-state index in [-0.39, 0.29) is 16.6 Å². The van der Waals surface area contributed by atoms with Gasteiger partial charge in [-0.2, -0.15) is 0 Å². The van der Waals surface area contributed by atoms with Crippen molar-refractivity contribution in [1.29, 1.82) is 0 Å². The first-order valence-corrected chi connectivity index (χ1v) is 8.28. The predicted molar refractivity (Wildman–Crippen MR) is 99.1 cm³/mol. The van der Waals surface area contributed by atoms with Gasteiger partial charge in [0.15, 0.2) is 11.5 Å². The number of amides is 1. The molecule has 2 aromatic carbocycles. The highest BCUT2D eigenvalue weighted by Crippen LogP contribution is 2.21.